The van der Waals surface area contributed by atoms with Crippen molar-refractivity contribution in [3.05, 3.63) is 93.6 Å². The van der Waals surface area contributed by atoms with Crippen molar-refractivity contribution in [1.82, 2.24) is 9.47 Å². The van der Waals surface area contributed by atoms with Crippen molar-refractivity contribution in [3.63, 3.8) is 0 Å². The number of imide groups is 1. The van der Waals surface area contributed by atoms with E-state index < -0.39 is 0 Å². The van der Waals surface area contributed by atoms with Crippen LogP contribution in [-0.2, 0) is 11.2 Å². The van der Waals surface area contributed by atoms with Crippen LogP contribution in [0.2, 0.25) is 0 Å². The fraction of sp³-hybridized carbons (Fsp3) is 0.333. The van der Waals surface area contributed by atoms with Crippen LogP contribution in [0, 0.1) is 13.8 Å². The fourth-order valence-electron chi connectivity index (χ4n) is 5.38. The minimum atomic E-state index is -0.197. The van der Waals surface area contributed by atoms with Crippen molar-refractivity contribution in [2.75, 3.05) is 6.54 Å². The van der Waals surface area contributed by atoms with Crippen LogP contribution in [0.3, 0.4) is 0 Å². The maximum absolute atomic E-state index is 13.0. The van der Waals surface area contributed by atoms with Gasteiger partial charge in [-0.05, 0) is 91.8 Å². The zero-order valence-electron chi connectivity index (χ0n) is 20.5. The normalized spacial score (nSPS) is 18.1. The van der Waals surface area contributed by atoms with E-state index in [1.807, 2.05) is 36.4 Å². The Hall–Kier alpha value is -3.05. The number of benzene rings is 2. The van der Waals surface area contributed by atoms with Gasteiger partial charge in [0, 0.05) is 23.6 Å². The number of aromatic nitrogens is 1. The van der Waals surface area contributed by atoms with Crippen LogP contribution in [0.1, 0.15) is 66.1 Å². The van der Waals surface area contributed by atoms with E-state index >= 15 is 0 Å². The van der Waals surface area contributed by atoms with E-state index in [4.69, 9.17) is 0 Å². The minimum absolute atomic E-state index is 0.190. The maximum Gasteiger partial charge on any atom is 0.293 e. The molecule has 0 unspecified atom stereocenters. The predicted molar refractivity (Wildman–Crippen MR) is 144 cm³/mol. The molecule has 3 aromatic rings. The highest BCUT2D eigenvalue weighted by Crippen LogP contribution is 2.35. The lowest BCUT2D eigenvalue weighted by Gasteiger charge is -2.22. The molecule has 0 atom stereocenters. The van der Waals surface area contributed by atoms with E-state index in [1.165, 1.54) is 42.6 Å². The quantitative estimate of drug-likeness (QED) is 0.342. The number of amides is 2. The Morgan fingerprint density at radius 1 is 0.943 bits per heavy atom. The molecule has 0 radical (unpaired) electrons. The van der Waals surface area contributed by atoms with Gasteiger partial charge < -0.3 is 4.57 Å². The second-order valence-electron chi connectivity index (χ2n) is 9.66. The summed E-state index contributed by atoms with van der Waals surface area (Å²) < 4.78 is 2.23. The van der Waals surface area contributed by atoms with Gasteiger partial charge in [-0.25, -0.2) is 0 Å². The maximum atomic E-state index is 13.0. The van der Waals surface area contributed by atoms with Crippen molar-refractivity contribution >= 4 is 29.0 Å². The van der Waals surface area contributed by atoms with Crippen LogP contribution < -0.4 is 0 Å². The average molecular weight is 485 g/mol. The van der Waals surface area contributed by atoms with Gasteiger partial charge in [0.1, 0.15) is 0 Å². The topological polar surface area (TPSA) is 42.3 Å². The van der Waals surface area contributed by atoms with Gasteiger partial charge >= 0.3 is 0 Å². The molecular formula is C30H32N2O2S. The van der Waals surface area contributed by atoms with Crippen LogP contribution in [0.25, 0.3) is 11.8 Å². The van der Waals surface area contributed by atoms with Gasteiger partial charge in [-0.2, -0.15) is 0 Å². The smallest absolute Gasteiger partial charge is 0.293 e. The number of hydrogen-bond acceptors (Lipinski definition) is 3. The second-order valence-corrected chi connectivity index (χ2v) is 10.7. The highest BCUT2D eigenvalue weighted by molar-refractivity contribution is 8.18. The molecule has 1 aliphatic carbocycles. The largest absolute Gasteiger partial charge is 0.318 e. The molecule has 1 saturated heterocycles. The highest BCUT2D eigenvalue weighted by Gasteiger charge is 2.34. The summed E-state index contributed by atoms with van der Waals surface area (Å²) in [5.74, 6) is 0.496. The Kier molecular flexibility index (Phi) is 6.96. The Bertz CT molecular complexity index is 1250. The molecule has 0 N–H and O–H groups in total. The third kappa shape index (κ3) is 5.01. The molecular weight excluding hydrogens is 452 g/mol. The van der Waals surface area contributed by atoms with E-state index in [1.54, 1.807) is 0 Å². The van der Waals surface area contributed by atoms with Crippen LogP contribution in [0.15, 0.2) is 65.6 Å². The Morgan fingerprint density at radius 3 is 2.37 bits per heavy atom. The van der Waals surface area contributed by atoms with Gasteiger partial charge in [-0.15, -0.1) is 0 Å². The van der Waals surface area contributed by atoms with Crippen molar-refractivity contribution in [1.29, 1.82) is 0 Å². The molecule has 2 fully saturated rings. The molecule has 1 aliphatic heterocycles. The van der Waals surface area contributed by atoms with Crippen LogP contribution in [0.4, 0.5) is 4.79 Å². The molecule has 2 heterocycles. The monoisotopic (exact) mass is 484 g/mol. The Morgan fingerprint density at radius 2 is 1.66 bits per heavy atom. The number of nitrogens with zero attached hydrogens (tertiary/aromatic N) is 2. The molecule has 35 heavy (non-hydrogen) atoms. The summed E-state index contributed by atoms with van der Waals surface area (Å²) in [6.07, 6.45) is 9.18. The molecule has 2 aliphatic rings. The number of thioether (sulfide) groups is 1. The number of carbonyl (C=O) groups excluding carboxylic acids is 2. The van der Waals surface area contributed by atoms with Crippen LogP contribution in [-0.4, -0.2) is 27.2 Å². The van der Waals surface area contributed by atoms with Crippen molar-refractivity contribution in [2.45, 2.75) is 58.3 Å². The lowest BCUT2D eigenvalue weighted by atomic mass is 9.84. The van der Waals surface area contributed by atoms with E-state index in [0.29, 0.717) is 23.8 Å². The van der Waals surface area contributed by atoms with Gasteiger partial charge in [-0.1, -0.05) is 61.7 Å². The Balaban J connectivity index is 1.33. The first-order valence-corrected chi connectivity index (χ1v) is 13.4. The van der Waals surface area contributed by atoms with Gasteiger partial charge in [0.2, 0.25) is 0 Å². The van der Waals surface area contributed by atoms with Gasteiger partial charge in [0.05, 0.1) is 4.91 Å². The van der Waals surface area contributed by atoms with Gasteiger partial charge in [0.25, 0.3) is 11.1 Å². The third-order valence-electron chi connectivity index (χ3n) is 7.33. The zero-order chi connectivity index (χ0) is 24.4. The second kappa shape index (κ2) is 10.3. The SMILES string of the molecule is Cc1cc(/C=C2\SC(=O)N(CCc3ccccc3)C2=O)c(C)n1-c1ccc(C2CCCCC2)cc1. The molecule has 4 nitrogen and oxygen atoms in total. The predicted octanol–water partition coefficient (Wildman–Crippen LogP) is 7.42. The van der Waals surface area contributed by atoms with Gasteiger partial charge in [-0.3, -0.25) is 14.5 Å². The molecule has 5 heteroatoms. The van der Waals surface area contributed by atoms with E-state index in [0.717, 1.165) is 40.0 Å². The fourth-order valence-corrected chi connectivity index (χ4v) is 6.24. The summed E-state index contributed by atoms with van der Waals surface area (Å²) in [6.45, 7) is 4.57. The summed E-state index contributed by atoms with van der Waals surface area (Å²) >= 11 is 1.04. The molecule has 1 aromatic heterocycles. The summed E-state index contributed by atoms with van der Waals surface area (Å²) in [5, 5.41) is -0.190. The Labute approximate surface area is 212 Å². The lowest BCUT2D eigenvalue weighted by molar-refractivity contribution is -0.122. The number of aryl methyl sites for hydroxylation is 1. The van der Waals surface area contributed by atoms with Crippen LogP contribution >= 0.6 is 11.8 Å². The summed E-state index contributed by atoms with van der Waals surface area (Å²) in [5.41, 5.74) is 6.86. The van der Waals surface area contributed by atoms with E-state index in [9.17, 15) is 9.59 Å². The number of rotatable bonds is 6. The van der Waals surface area contributed by atoms with Gasteiger partial charge in [0.15, 0.2) is 0 Å². The third-order valence-corrected chi connectivity index (χ3v) is 8.23. The molecule has 0 bridgehead atoms. The first kappa shape index (κ1) is 23.7. The lowest BCUT2D eigenvalue weighted by Crippen LogP contribution is -2.30. The summed E-state index contributed by atoms with van der Waals surface area (Å²) in [7, 11) is 0. The standard InChI is InChI=1S/C30H32N2O2S/c1-21-19-26(20-28-29(33)31(30(34)35-28)18-17-23-9-5-3-6-10-23)22(2)32(21)27-15-13-25(14-16-27)24-11-7-4-8-12-24/h3,5-6,9-10,13-16,19-20,24H,4,7-8,11-12,17-18H2,1-2H3/b28-20-. The van der Waals surface area contributed by atoms with E-state index in [-0.39, 0.29) is 11.1 Å². The molecule has 180 valence electrons. The minimum Gasteiger partial charge on any atom is -0.318 e. The van der Waals surface area contributed by atoms with Crippen molar-refractivity contribution in [2.24, 2.45) is 0 Å². The van der Waals surface area contributed by atoms with E-state index in [2.05, 4.69) is 48.7 Å². The summed E-state index contributed by atoms with van der Waals surface area (Å²) in [4.78, 5) is 27.4. The summed E-state index contributed by atoms with van der Waals surface area (Å²) in [6, 6.07) is 21.0. The average Bonchev–Trinajstić information content (AvgIpc) is 3.32. The molecule has 5 rings (SSSR count). The van der Waals surface area contributed by atoms with Crippen molar-refractivity contribution in [3.8, 4) is 5.69 Å². The first-order valence-electron chi connectivity index (χ1n) is 12.6. The zero-order valence-corrected chi connectivity index (χ0v) is 21.3. The molecule has 1 saturated carbocycles. The van der Waals surface area contributed by atoms with Crippen molar-refractivity contribution < 1.29 is 9.59 Å². The molecule has 2 amide bonds. The molecule has 2 aromatic carbocycles. The first-order chi connectivity index (χ1) is 17.0. The number of carbonyl (C=O) groups is 2. The van der Waals surface area contributed by atoms with Crippen LogP contribution in [0.5, 0.6) is 0 Å². The highest BCUT2D eigenvalue weighted by atomic mass is 32.2. The number of hydrogen-bond donors (Lipinski definition) is 0. The molecule has 0 spiro atoms.